The van der Waals surface area contributed by atoms with Crippen molar-refractivity contribution in [3.8, 4) is 115 Å². The second-order valence-corrected chi connectivity index (χ2v) is 34.3. The van der Waals surface area contributed by atoms with Crippen LogP contribution in [0, 0.1) is 47.3 Å². The minimum atomic E-state index is -0.948. The number of phenols is 5. The Morgan fingerprint density at radius 3 is 0.756 bits per heavy atom. The van der Waals surface area contributed by atoms with E-state index < -0.39 is 113 Å². The number of aliphatic hydroxyl groups excluding tert-OH is 4. The summed E-state index contributed by atoms with van der Waals surface area (Å²) in [5.74, 6) is -3.73. The molecule has 16 atom stereocenters. The highest BCUT2D eigenvalue weighted by Crippen LogP contribution is 2.62. The van der Waals surface area contributed by atoms with Gasteiger partial charge in [-0.15, -0.1) is 0 Å². The fourth-order valence-corrected chi connectivity index (χ4v) is 20.5. The smallest absolute Gasteiger partial charge is 0.310 e. The molecular weight excluding hydrogens is 1790 g/mol. The number of aromatic hydroxyl groups is 5. The molecule has 9 N–H and O–H groups in total. The topological polar surface area (TPSA) is 426 Å². The highest BCUT2D eigenvalue weighted by atomic mass is 79.9. The SMILES string of the molecule is BrCCCCCCBr.COc1cc([C@@H]2c3cc4c(cc3[C@@H](O)[C@H]3COC(=O)[C@H]23)OCO4)cc(O)c1O.COc1cc([C@@H]2c3cc4c(cc3[C@@H](O)[C@H]3COC(=O)[C@H]23)OCO4)cc(OC)c1O.COc1cc([C@@H]2c3cc4c(cc3[C@@H](O)[C@H]3COC(=O)[C@H]23)OCO4)cc(OCCCCCCOc2cc([C@@H]3c4cc5c(cc4[C@@H](O)[C@H]4COC(=O)[C@H]34)OCO5)cc(OC)c2O)c1O. The summed E-state index contributed by atoms with van der Waals surface area (Å²) in [6, 6.07) is 27.3. The summed E-state index contributed by atoms with van der Waals surface area (Å²) in [6.07, 6.45) is 4.54. The van der Waals surface area contributed by atoms with Crippen molar-refractivity contribution in [2.45, 2.75) is 99.5 Å². The van der Waals surface area contributed by atoms with Crippen molar-refractivity contribution in [2.24, 2.45) is 47.3 Å². The van der Waals surface area contributed by atoms with E-state index in [1.807, 2.05) is 0 Å². The third-order valence-corrected chi connectivity index (χ3v) is 27.1. The number of aliphatic hydroxyl groups is 4. The number of alkyl halides is 2. The fourth-order valence-electron chi connectivity index (χ4n) is 19.7. The van der Waals surface area contributed by atoms with Crippen LogP contribution < -0.4 is 71.1 Å². The van der Waals surface area contributed by atoms with E-state index in [2.05, 4.69) is 31.9 Å². The fraction of sp³-hybridized carbons (Fsp3) is 0.441. The van der Waals surface area contributed by atoms with Crippen LogP contribution in [0.25, 0.3) is 0 Å². The van der Waals surface area contributed by atoms with Gasteiger partial charge in [0, 0.05) is 58.0 Å². The number of esters is 4. The zero-order valence-corrected chi connectivity index (χ0v) is 73.0. The number of hydrogen-bond acceptors (Lipinski definition) is 32. The third-order valence-electron chi connectivity index (χ3n) is 26.0. The minimum Gasteiger partial charge on any atom is -0.504 e. The highest BCUT2D eigenvalue weighted by Gasteiger charge is 2.57. The second-order valence-electron chi connectivity index (χ2n) is 32.7. The summed E-state index contributed by atoms with van der Waals surface area (Å²) in [5, 5.41) is 99.5. The van der Waals surface area contributed by atoms with Crippen molar-refractivity contribution in [3.63, 3.8) is 0 Å². The quantitative estimate of drug-likeness (QED) is 0.00944. The second kappa shape index (κ2) is 37.0. The van der Waals surface area contributed by atoms with Gasteiger partial charge in [-0.2, -0.15) is 0 Å². The van der Waals surface area contributed by atoms with Gasteiger partial charge in [0.1, 0.15) is 0 Å². The Hall–Kier alpha value is -11.6. The van der Waals surface area contributed by atoms with Gasteiger partial charge in [-0.05, 0) is 202 Å². The van der Waals surface area contributed by atoms with Crippen LogP contribution in [-0.4, -0.2) is 183 Å². The molecule has 0 saturated carbocycles. The predicted octanol–water partition coefficient (Wildman–Crippen LogP) is 12.8. The molecule has 20 rings (SSSR count). The summed E-state index contributed by atoms with van der Waals surface area (Å²) in [6.45, 7) is 1.25. The number of halogens is 2. The van der Waals surface area contributed by atoms with Crippen molar-refractivity contribution in [1.82, 2.24) is 0 Å². The zero-order valence-electron chi connectivity index (χ0n) is 69.8. The van der Waals surface area contributed by atoms with E-state index in [1.54, 1.807) is 91.0 Å². The molecule has 0 spiro atoms. The van der Waals surface area contributed by atoms with E-state index in [-0.39, 0.29) is 142 Å². The maximum Gasteiger partial charge on any atom is 0.310 e. The van der Waals surface area contributed by atoms with Crippen LogP contribution in [-0.2, 0) is 38.1 Å². The van der Waals surface area contributed by atoms with Gasteiger partial charge in [0.05, 0.1) is 123 Å². The van der Waals surface area contributed by atoms with Crippen molar-refractivity contribution < 1.29 is 155 Å². The Kier molecular flexibility index (Phi) is 25.5. The van der Waals surface area contributed by atoms with Crippen LogP contribution in [0.1, 0.15) is 166 Å². The molecule has 0 amide bonds. The lowest BCUT2D eigenvalue weighted by atomic mass is 9.66. The van der Waals surface area contributed by atoms with Crippen LogP contribution in [0.5, 0.6) is 115 Å². The largest absolute Gasteiger partial charge is 0.504 e. The van der Waals surface area contributed by atoms with Gasteiger partial charge in [0.15, 0.2) is 92.0 Å². The van der Waals surface area contributed by atoms with Gasteiger partial charge in [-0.3, -0.25) is 19.2 Å². The summed E-state index contributed by atoms with van der Waals surface area (Å²) in [4.78, 5) is 51.6. The van der Waals surface area contributed by atoms with Gasteiger partial charge in [-0.25, -0.2) is 0 Å². The summed E-state index contributed by atoms with van der Waals surface area (Å²) >= 11 is 6.78. The molecule has 0 radical (unpaired) electrons. The number of unbranched alkanes of at least 4 members (excludes halogenated alkanes) is 6. The average Bonchev–Trinajstić information content (AvgIpc) is 1.72. The first kappa shape index (κ1) is 87.5. The van der Waals surface area contributed by atoms with Crippen LogP contribution in [0.3, 0.4) is 0 Å². The number of fused-ring (bicyclic) bond motifs is 12. The van der Waals surface area contributed by atoms with E-state index in [1.165, 1.54) is 67.3 Å². The number of benzene rings is 8. The lowest BCUT2D eigenvalue weighted by molar-refractivity contribution is -0.142. The molecule has 4 aliphatic carbocycles. The molecule has 12 aliphatic rings. The zero-order chi connectivity index (χ0) is 88.9. The van der Waals surface area contributed by atoms with Crippen molar-refractivity contribution in [3.05, 3.63) is 164 Å². The van der Waals surface area contributed by atoms with E-state index in [4.69, 9.17) is 90.0 Å². The summed E-state index contributed by atoms with van der Waals surface area (Å²) < 4.78 is 105. The van der Waals surface area contributed by atoms with E-state index in [0.717, 1.165) is 29.1 Å². The number of carbonyl (C=O) groups excluding carboxylic acids is 4. The molecule has 127 heavy (non-hydrogen) atoms. The van der Waals surface area contributed by atoms with Gasteiger partial charge in [0.25, 0.3) is 0 Å². The molecule has 0 unspecified atom stereocenters. The number of phenolic OH excluding ortho intramolecular Hbond substituents is 5. The van der Waals surface area contributed by atoms with Crippen molar-refractivity contribution in [1.29, 1.82) is 0 Å². The summed E-state index contributed by atoms with van der Waals surface area (Å²) in [7, 11) is 7.15. The first-order valence-electron chi connectivity index (χ1n) is 42.0. The molecule has 4 saturated heterocycles. The van der Waals surface area contributed by atoms with Crippen molar-refractivity contribution in [2.75, 3.05) is 113 Å². The van der Waals surface area contributed by atoms with Gasteiger partial charge in [-0.1, -0.05) is 44.7 Å². The number of cyclic esters (lactones) is 4. The van der Waals surface area contributed by atoms with Crippen molar-refractivity contribution >= 4 is 55.7 Å². The van der Waals surface area contributed by atoms with Crippen LogP contribution in [0.4, 0.5) is 0 Å². The van der Waals surface area contributed by atoms with E-state index >= 15 is 0 Å². The maximum atomic E-state index is 13.2. The molecule has 8 heterocycles. The normalized spacial score (nSPS) is 25.3. The lowest BCUT2D eigenvalue weighted by Crippen LogP contribution is -2.34. The third kappa shape index (κ3) is 16.2. The first-order chi connectivity index (χ1) is 61.6. The molecule has 8 aliphatic heterocycles. The Labute approximate surface area is 745 Å². The monoisotopic (exact) mass is 1880 g/mol. The molecule has 34 heteroatoms. The number of hydrogen-bond donors (Lipinski definition) is 9. The number of ether oxygens (including phenoxy) is 19. The lowest BCUT2D eigenvalue weighted by Gasteiger charge is -2.37. The van der Waals surface area contributed by atoms with E-state index in [9.17, 15) is 65.1 Å². The van der Waals surface area contributed by atoms with E-state index in [0.29, 0.717) is 120 Å². The molecule has 0 aromatic heterocycles. The van der Waals surface area contributed by atoms with Crippen LogP contribution >= 0.6 is 31.9 Å². The van der Waals surface area contributed by atoms with Gasteiger partial charge >= 0.3 is 23.9 Å². The molecular formula is C93H96Br2O32. The Bertz CT molecular complexity index is 5330. The Morgan fingerprint density at radius 2 is 0.504 bits per heavy atom. The minimum absolute atomic E-state index is 0.0536. The molecule has 0 bridgehead atoms. The highest BCUT2D eigenvalue weighted by molar-refractivity contribution is 9.09. The number of methoxy groups -OCH3 is 5. The molecule has 4 fully saturated rings. The van der Waals surface area contributed by atoms with Crippen LogP contribution in [0.2, 0.25) is 0 Å². The predicted molar refractivity (Wildman–Crippen MR) is 452 cm³/mol. The summed E-state index contributed by atoms with van der Waals surface area (Å²) in [5.41, 5.74) is 7.93. The Morgan fingerprint density at radius 1 is 0.283 bits per heavy atom. The first-order valence-corrected chi connectivity index (χ1v) is 44.2. The Balaban J connectivity index is 0.000000144. The maximum absolute atomic E-state index is 13.2. The molecule has 8 aromatic carbocycles. The van der Waals surface area contributed by atoms with Gasteiger partial charge in [0.2, 0.25) is 50.2 Å². The average molecular weight is 1890 g/mol. The molecule has 32 nitrogen and oxygen atoms in total. The van der Waals surface area contributed by atoms with Crippen LogP contribution in [0.15, 0.2) is 97.1 Å². The van der Waals surface area contributed by atoms with Gasteiger partial charge < -0.3 is 136 Å². The standard InChI is InChI=1S/C46H46O16.C21H20O8.C20H18O8.C6H12Br2/c1-53-33-9-21(37-23-13-29-31(61-19-59-29)15-25(23)41(47)27-17-57-45(51)39(27)37)11-35(43(33)49)55-7-5-3-4-6-8-56-36-12-22(10-34(54-2)44(36)50)38-24-14-30-32(62-20-60-30)16-26(24)42(48)28-18-58-46(52)40(28)38;1-25-15-3-9(4-16(26-2)20(15)23)17-10-5-13-14(29-8-28-13)6-11(10)19(22)12-7-27-21(24)18(12)17;1-25-15-3-8(2-12(21)19(15)23)16-9-4-13-14(28-7-27-13)5-10(9)18(22)11-6-26-20(24)17(11)16;7-5-3-1-2-4-6-8/h9-16,27-28,37-42,47-50H,3-8,17-20H2,1-2H3;3-6,12,17-19,22-23H,7-8H2,1-2H3;2-5,11,16-18,21-23H,6-7H2,1H3;1-6H2/t27-,28-,37+,38+,39-,40-,41+,42+;12-,17+,18-,19+;11-,16+,17-,18+;/m000./s1. The molecule has 8 aromatic rings. The number of rotatable bonds is 23. The number of carbonyl (C=O) groups is 4. The molecule has 674 valence electrons.